The first kappa shape index (κ1) is 20.4. The van der Waals surface area contributed by atoms with Gasteiger partial charge in [-0.3, -0.25) is 19.7 Å². The summed E-state index contributed by atoms with van der Waals surface area (Å²) < 4.78 is 17.5. The normalized spacial score (nSPS) is 11.2. The SMILES string of the molecule is CNC(=O)NC(=O)COC(=O)[C@H](C)SCC(=O)Nc1ccc(F)cc1. The van der Waals surface area contributed by atoms with Gasteiger partial charge in [0.05, 0.1) is 5.75 Å². The van der Waals surface area contributed by atoms with Crippen LogP contribution in [-0.2, 0) is 19.1 Å². The molecule has 0 heterocycles. The highest BCUT2D eigenvalue weighted by molar-refractivity contribution is 8.01. The number of urea groups is 1. The summed E-state index contributed by atoms with van der Waals surface area (Å²) >= 11 is 1.01. The molecule has 1 aromatic rings. The number of halogens is 1. The molecule has 10 heteroatoms. The highest BCUT2D eigenvalue weighted by Crippen LogP contribution is 2.14. The summed E-state index contributed by atoms with van der Waals surface area (Å²) in [5.41, 5.74) is 0.438. The van der Waals surface area contributed by atoms with Crippen LogP contribution < -0.4 is 16.0 Å². The molecule has 0 fully saturated rings. The van der Waals surface area contributed by atoms with Gasteiger partial charge in [0.1, 0.15) is 11.1 Å². The molecule has 1 aromatic carbocycles. The van der Waals surface area contributed by atoms with E-state index in [1.54, 1.807) is 0 Å². The molecule has 0 spiro atoms. The largest absolute Gasteiger partial charge is 0.455 e. The van der Waals surface area contributed by atoms with Gasteiger partial charge in [0.2, 0.25) is 5.91 Å². The molecule has 0 saturated carbocycles. The highest BCUT2D eigenvalue weighted by atomic mass is 32.2. The van der Waals surface area contributed by atoms with Crippen LogP contribution in [0.3, 0.4) is 0 Å². The third-order valence-electron chi connectivity index (χ3n) is 2.75. The number of benzene rings is 1. The molecule has 0 bridgehead atoms. The minimum absolute atomic E-state index is 0.0297. The zero-order chi connectivity index (χ0) is 18.8. The molecule has 3 N–H and O–H groups in total. The fraction of sp³-hybridized carbons (Fsp3) is 0.333. The Hall–Kier alpha value is -2.62. The summed E-state index contributed by atoms with van der Waals surface area (Å²) in [5, 5.41) is 5.99. The number of hydrogen-bond donors (Lipinski definition) is 3. The molecule has 8 nitrogen and oxygen atoms in total. The number of thioether (sulfide) groups is 1. The third kappa shape index (κ3) is 8.15. The minimum Gasteiger partial charge on any atom is -0.455 e. The van der Waals surface area contributed by atoms with E-state index >= 15 is 0 Å². The maximum Gasteiger partial charge on any atom is 0.321 e. The number of carbonyl (C=O) groups is 4. The van der Waals surface area contributed by atoms with Gasteiger partial charge in [0.25, 0.3) is 5.91 Å². The number of nitrogens with one attached hydrogen (secondary N) is 3. The van der Waals surface area contributed by atoms with Crippen molar-refractivity contribution in [3.8, 4) is 0 Å². The van der Waals surface area contributed by atoms with Gasteiger partial charge in [-0.15, -0.1) is 11.8 Å². The Morgan fingerprint density at radius 3 is 2.40 bits per heavy atom. The van der Waals surface area contributed by atoms with E-state index in [1.165, 1.54) is 38.2 Å². The van der Waals surface area contributed by atoms with E-state index in [2.05, 4.69) is 10.6 Å². The number of rotatable bonds is 7. The fourth-order valence-electron chi connectivity index (χ4n) is 1.48. The molecule has 25 heavy (non-hydrogen) atoms. The second kappa shape index (κ2) is 10.3. The summed E-state index contributed by atoms with van der Waals surface area (Å²) in [6.45, 7) is 0.924. The molecule has 0 aliphatic carbocycles. The number of anilines is 1. The van der Waals surface area contributed by atoms with Crippen molar-refractivity contribution in [2.75, 3.05) is 24.7 Å². The van der Waals surface area contributed by atoms with E-state index in [4.69, 9.17) is 4.74 Å². The summed E-state index contributed by atoms with van der Waals surface area (Å²) in [6, 6.07) is 4.56. The van der Waals surface area contributed by atoms with Gasteiger partial charge < -0.3 is 15.4 Å². The molecular formula is C15H18FN3O5S. The molecule has 1 atom stereocenters. The lowest BCUT2D eigenvalue weighted by atomic mass is 10.3. The van der Waals surface area contributed by atoms with Gasteiger partial charge in [-0.1, -0.05) is 0 Å². The van der Waals surface area contributed by atoms with Crippen molar-refractivity contribution in [2.45, 2.75) is 12.2 Å². The number of amides is 4. The van der Waals surface area contributed by atoms with Crippen molar-refractivity contribution >= 4 is 41.3 Å². The van der Waals surface area contributed by atoms with Crippen molar-refractivity contribution in [1.29, 1.82) is 0 Å². The second-order valence-electron chi connectivity index (χ2n) is 4.74. The molecule has 0 unspecified atom stereocenters. The molecule has 4 amide bonds. The van der Waals surface area contributed by atoms with Crippen LogP contribution in [0.1, 0.15) is 6.92 Å². The van der Waals surface area contributed by atoms with Crippen LogP contribution in [0.4, 0.5) is 14.9 Å². The Morgan fingerprint density at radius 2 is 1.80 bits per heavy atom. The first-order valence-corrected chi connectivity index (χ1v) is 8.22. The van der Waals surface area contributed by atoms with Crippen molar-refractivity contribution in [2.24, 2.45) is 0 Å². The number of imide groups is 1. The molecular weight excluding hydrogens is 353 g/mol. The lowest BCUT2D eigenvalue weighted by Crippen LogP contribution is -2.40. The Morgan fingerprint density at radius 1 is 1.16 bits per heavy atom. The lowest BCUT2D eigenvalue weighted by Gasteiger charge is -2.11. The second-order valence-corrected chi connectivity index (χ2v) is 6.07. The van der Waals surface area contributed by atoms with Crippen LogP contribution >= 0.6 is 11.8 Å². The zero-order valence-corrected chi connectivity index (χ0v) is 14.4. The zero-order valence-electron chi connectivity index (χ0n) is 13.6. The number of ether oxygens (including phenoxy) is 1. The van der Waals surface area contributed by atoms with Gasteiger partial charge in [0, 0.05) is 12.7 Å². The smallest absolute Gasteiger partial charge is 0.321 e. The standard InChI is InChI=1S/C15H18FN3O5S/c1-9(14(22)24-7-12(20)19-15(23)17-2)25-8-13(21)18-11-5-3-10(16)4-6-11/h3-6,9H,7-8H2,1-2H3,(H,18,21)(H2,17,19,20,23)/t9-/m0/s1. The van der Waals surface area contributed by atoms with Gasteiger partial charge in [0.15, 0.2) is 6.61 Å². The molecule has 0 radical (unpaired) electrons. The first-order chi connectivity index (χ1) is 11.8. The maximum atomic E-state index is 12.8. The summed E-state index contributed by atoms with van der Waals surface area (Å²) in [6.07, 6.45) is 0. The van der Waals surface area contributed by atoms with Crippen LogP contribution in [0.25, 0.3) is 0 Å². The van der Waals surface area contributed by atoms with Crippen molar-refractivity contribution in [3.05, 3.63) is 30.1 Å². The van der Waals surface area contributed by atoms with Gasteiger partial charge in [-0.05, 0) is 31.2 Å². The minimum atomic E-state index is -0.765. The van der Waals surface area contributed by atoms with E-state index in [0.29, 0.717) is 5.69 Å². The third-order valence-corrected chi connectivity index (χ3v) is 3.87. The predicted molar refractivity (Wildman–Crippen MR) is 90.5 cm³/mol. The lowest BCUT2D eigenvalue weighted by molar-refractivity contribution is -0.147. The van der Waals surface area contributed by atoms with E-state index in [0.717, 1.165) is 11.8 Å². The van der Waals surface area contributed by atoms with E-state index < -0.39 is 35.6 Å². The molecule has 0 saturated heterocycles. The Labute approximate surface area is 147 Å². The van der Waals surface area contributed by atoms with E-state index in [-0.39, 0.29) is 11.7 Å². The van der Waals surface area contributed by atoms with E-state index in [1.807, 2.05) is 5.32 Å². The average Bonchev–Trinajstić information content (AvgIpc) is 2.59. The monoisotopic (exact) mass is 371 g/mol. The Kier molecular flexibility index (Phi) is 8.40. The average molecular weight is 371 g/mol. The topological polar surface area (TPSA) is 114 Å². The van der Waals surface area contributed by atoms with Gasteiger partial charge in [-0.2, -0.15) is 0 Å². The van der Waals surface area contributed by atoms with Crippen LogP contribution in [-0.4, -0.2) is 48.5 Å². The molecule has 0 aromatic heterocycles. The van der Waals surface area contributed by atoms with Crippen molar-refractivity contribution in [3.63, 3.8) is 0 Å². The number of esters is 1. The Balaban J connectivity index is 2.30. The predicted octanol–water partition coefficient (Wildman–Crippen LogP) is 0.885. The first-order valence-electron chi connectivity index (χ1n) is 7.17. The fourth-order valence-corrected chi connectivity index (χ4v) is 2.16. The Bertz CT molecular complexity index is 639. The molecule has 0 aliphatic rings. The van der Waals surface area contributed by atoms with Crippen molar-refractivity contribution in [1.82, 2.24) is 10.6 Å². The number of carbonyl (C=O) groups excluding carboxylic acids is 4. The number of hydrogen-bond acceptors (Lipinski definition) is 6. The van der Waals surface area contributed by atoms with Crippen molar-refractivity contribution < 1.29 is 28.3 Å². The molecule has 0 aliphatic heterocycles. The van der Waals surface area contributed by atoms with E-state index in [9.17, 15) is 23.6 Å². The highest BCUT2D eigenvalue weighted by Gasteiger charge is 2.18. The van der Waals surface area contributed by atoms with Crippen LogP contribution in [0.2, 0.25) is 0 Å². The molecule has 136 valence electrons. The van der Waals surface area contributed by atoms with Crippen LogP contribution in [0.5, 0.6) is 0 Å². The maximum absolute atomic E-state index is 12.8. The van der Waals surface area contributed by atoms with Crippen LogP contribution in [0, 0.1) is 5.82 Å². The summed E-state index contributed by atoms with van der Waals surface area (Å²) in [5.74, 6) is -2.26. The summed E-state index contributed by atoms with van der Waals surface area (Å²) in [4.78, 5) is 45.7. The quantitative estimate of drug-likeness (QED) is 0.614. The summed E-state index contributed by atoms with van der Waals surface area (Å²) in [7, 11) is 1.34. The molecule has 1 rings (SSSR count). The van der Waals surface area contributed by atoms with Gasteiger partial charge in [-0.25, -0.2) is 9.18 Å². The van der Waals surface area contributed by atoms with Gasteiger partial charge >= 0.3 is 12.0 Å². The van der Waals surface area contributed by atoms with Crippen LogP contribution in [0.15, 0.2) is 24.3 Å².